The summed E-state index contributed by atoms with van der Waals surface area (Å²) >= 11 is 0. The quantitative estimate of drug-likeness (QED) is 0.790. The molecule has 0 radical (unpaired) electrons. The molecular weight excluding hydrogens is 250 g/mol. The highest BCUT2D eigenvalue weighted by atomic mass is 16.5. The van der Waals surface area contributed by atoms with Crippen molar-refractivity contribution in [2.75, 3.05) is 0 Å². The van der Waals surface area contributed by atoms with Crippen LogP contribution in [0, 0.1) is 0 Å². The first kappa shape index (κ1) is 14.0. The minimum absolute atomic E-state index is 0.103. The third-order valence-corrected chi connectivity index (χ3v) is 2.66. The molecule has 2 aromatic rings. The third-order valence-electron chi connectivity index (χ3n) is 2.66. The van der Waals surface area contributed by atoms with E-state index in [0.29, 0.717) is 5.56 Å². The summed E-state index contributed by atoms with van der Waals surface area (Å²) in [6.07, 6.45) is 7.40. The Bertz CT molecular complexity index is 586. The summed E-state index contributed by atoms with van der Waals surface area (Å²) in [5.41, 5.74) is 2.69. The van der Waals surface area contributed by atoms with Crippen molar-refractivity contribution in [2.45, 2.75) is 20.0 Å². The van der Waals surface area contributed by atoms with Gasteiger partial charge in [0.25, 0.3) is 0 Å². The fourth-order valence-electron chi connectivity index (χ4n) is 1.68. The molecule has 0 atom stereocenters. The molecule has 3 nitrogen and oxygen atoms in total. The van der Waals surface area contributed by atoms with Gasteiger partial charge in [0.05, 0.1) is 11.7 Å². The van der Waals surface area contributed by atoms with Crippen molar-refractivity contribution in [3.05, 3.63) is 65.5 Å². The Morgan fingerprint density at radius 2 is 1.55 bits per heavy atom. The van der Waals surface area contributed by atoms with E-state index in [9.17, 15) is 4.79 Å². The van der Waals surface area contributed by atoms with E-state index in [4.69, 9.17) is 4.74 Å². The second-order valence-corrected chi connectivity index (χ2v) is 4.69. The number of rotatable bonds is 4. The molecule has 3 heteroatoms. The summed E-state index contributed by atoms with van der Waals surface area (Å²) in [5, 5.41) is 0. The zero-order valence-electron chi connectivity index (χ0n) is 11.6. The zero-order valence-corrected chi connectivity index (χ0v) is 11.6. The molecule has 0 aliphatic heterocycles. The number of benzene rings is 1. The van der Waals surface area contributed by atoms with Crippen molar-refractivity contribution in [3.63, 3.8) is 0 Å². The molecule has 1 aromatic heterocycles. The van der Waals surface area contributed by atoms with Crippen LogP contribution >= 0.6 is 0 Å². The second-order valence-electron chi connectivity index (χ2n) is 4.69. The lowest BCUT2D eigenvalue weighted by atomic mass is 10.1. The first-order valence-corrected chi connectivity index (χ1v) is 6.54. The topological polar surface area (TPSA) is 39.2 Å². The molecule has 1 heterocycles. The van der Waals surface area contributed by atoms with E-state index in [2.05, 4.69) is 4.98 Å². The maximum absolute atomic E-state index is 11.7. The summed E-state index contributed by atoms with van der Waals surface area (Å²) in [5.74, 6) is -0.287. The molecule has 102 valence electrons. The van der Waals surface area contributed by atoms with Crippen LogP contribution in [-0.4, -0.2) is 17.1 Å². The van der Waals surface area contributed by atoms with Gasteiger partial charge >= 0.3 is 5.97 Å². The van der Waals surface area contributed by atoms with Crippen molar-refractivity contribution in [1.82, 2.24) is 4.98 Å². The molecule has 0 aliphatic rings. The molecule has 0 spiro atoms. The summed E-state index contributed by atoms with van der Waals surface area (Å²) in [4.78, 5) is 15.7. The smallest absolute Gasteiger partial charge is 0.338 e. The lowest BCUT2D eigenvalue weighted by Gasteiger charge is -2.07. The third kappa shape index (κ3) is 4.05. The molecular formula is C17H17NO2. The van der Waals surface area contributed by atoms with E-state index in [0.717, 1.165) is 11.1 Å². The van der Waals surface area contributed by atoms with Crippen LogP contribution in [0.1, 0.15) is 35.3 Å². The zero-order chi connectivity index (χ0) is 14.4. The number of esters is 1. The van der Waals surface area contributed by atoms with Gasteiger partial charge in [0.1, 0.15) is 0 Å². The normalized spacial score (nSPS) is 10.9. The number of nitrogens with zero attached hydrogens (tertiary/aromatic N) is 1. The van der Waals surface area contributed by atoms with Crippen LogP contribution in [0.15, 0.2) is 48.8 Å². The number of aromatic nitrogens is 1. The van der Waals surface area contributed by atoms with Gasteiger partial charge in [-0.05, 0) is 49.2 Å². The Morgan fingerprint density at radius 1 is 1.00 bits per heavy atom. The molecule has 20 heavy (non-hydrogen) atoms. The Hall–Kier alpha value is -2.42. The summed E-state index contributed by atoms with van der Waals surface area (Å²) in [7, 11) is 0. The molecule has 0 saturated heterocycles. The molecule has 0 saturated carbocycles. The Kier molecular flexibility index (Phi) is 4.66. The molecule has 0 N–H and O–H groups in total. The van der Waals surface area contributed by atoms with Gasteiger partial charge in [0.15, 0.2) is 0 Å². The van der Waals surface area contributed by atoms with Crippen molar-refractivity contribution in [1.29, 1.82) is 0 Å². The fourth-order valence-corrected chi connectivity index (χ4v) is 1.68. The van der Waals surface area contributed by atoms with Crippen molar-refractivity contribution >= 4 is 18.1 Å². The lowest BCUT2D eigenvalue weighted by molar-refractivity contribution is 0.0378. The minimum atomic E-state index is -0.287. The highest BCUT2D eigenvalue weighted by molar-refractivity contribution is 5.89. The number of carbonyl (C=O) groups excluding carboxylic acids is 1. The average Bonchev–Trinajstić information content (AvgIpc) is 2.46. The molecule has 0 amide bonds. The van der Waals surface area contributed by atoms with Gasteiger partial charge in [-0.15, -0.1) is 0 Å². The number of pyridine rings is 1. The molecule has 0 unspecified atom stereocenters. The molecule has 0 fully saturated rings. The summed E-state index contributed by atoms with van der Waals surface area (Å²) in [6.45, 7) is 3.67. The number of hydrogen-bond donors (Lipinski definition) is 0. The predicted molar refractivity (Wildman–Crippen MR) is 80.2 cm³/mol. The van der Waals surface area contributed by atoms with Gasteiger partial charge in [0, 0.05) is 12.4 Å². The van der Waals surface area contributed by atoms with Gasteiger partial charge < -0.3 is 4.74 Å². The van der Waals surface area contributed by atoms with E-state index in [1.807, 2.05) is 50.3 Å². The van der Waals surface area contributed by atoms with E-state index in [1.54, 1.807) is 24.5 Å². The van der Waals surface area contributed by atoms with E-state index in [-0.39, 0.29) is 12.1 Å². The van der Waals surface area contributed by atoms with Gasteiger partial charge in [0.2, 0.25) is 0 Å². The highest BCUT2D eigenvalue weighted by Crippen LogP contribution is 2.10. The average molecular weight is 267 g/mol. The Balaban J connectivity index is 2.05. The lowest BCUT2D eigenvalue weighted by Crippen LogP contribution is -2.11. The van der Waals surface area contributed by atoms with Crippen molar-refractivity contribution < 1.29 is 9.53 Å². The predicted octanol–water partition coefficient (Wildman–Crippen LogP) is 3.82. The highest BCUT2D eigenvalue weighted by Gasteiger charge is 2.07. The first-order valence-electron chi connectivity index (χ1n) is 6.54. The van der Waals surface area contributed by atoms with Crippen LogP contribution in [0.2, 0.25) is 0 Å². The van der Waals surface area contributed by atoms with Gasteiger partial charge in [-0.2, -0.15) is 0 Å². The maximum Gasteiger partial charge on any atom is 0.338 e. The maximum atomic E-state index is 11.7. The standard InChI is InChI=1S/C17H17NO2/c1-13(2)20-17(19)16-7-5-14(6-8-16)3-4-15-9-11-18-12-10-15/h3-13H,1-2H3/b4-3+. The van der Waals surface area contributed by atoms with Crippen LogP contribution in [0.25, 0.3) is 12.2 Å². The van der Waals surface area contributed by atoms with E-state index < -0.39 is 0 Å². The molecule has 0 bridgehead atoms. The summed E-state index contributed by atoms with van der Waals surface area (Å²) in [6, 6.07) is 11.2. The van der Waals surface area contributed by atoms with Gasteiger partial charge in [-0.25, -0.2) is 4.79 Å². The van der Waals surface area contributed by atoms with Gasteiger partial charge in [-0.3, -0.25) is 4.98 Å². The Labute approximate surface area is 118 Å². The largest absolute Gasteiger partial charge is 0.459 e. The van der Waals surface area contributed by atoms with Gasteiger partial charge in [-0.1, -0.05) is 24.3 Å². The fraction of sp³-hybridized carbons (Fsp3) is 0.176. The monoisotopic (exact) mass is 267 g/mol. The van der Waals surface area contributed by atoms with Crippen LogP contribution < -0.4 is 0 Å². The molecule has 0 aliphatic carbocycles. The molecule has 1 aromatic carbocycles. The minimum Gasteiger partial charge on any atom is -0.459 e. The van der Waals surface area contributed by atoms with E-state index >= 15 is 0 Å². The van der Waals surface area contributed by atoms with Crippen LogP contribution in [0.3, 0.4) is 0 Å². The van der Waals surface area contributed by atoms with Crippen LogP contribution in [-0.2, 0) is 4.74 Å². The number of ether oxygens (including phenoxy) is 1. The number of carbonyl (C=O) groups is 1. The SMILES string of the molecule is CC(C)OC(=O)c1ccc(/C=C/c2ccncc2)cc1. The Morgan fingerprint density at radius 3 is 2.10 bits per heavy atom. The second kappa shape index (κ2) is 6.66. The number of hydrogen-bond acceptors (Lipinski definition) is 3. The molecule has 2 rings (SSSR count). The first-order chi connectivity index (χ1) is 9.65. The van der Waals surface area contributed by atoms with Crippen molar-refractivity contribution in [2.24, 2.45) is 0 Å². The van der Waals surface area contributed by atoms with Crippen LogP contribution in [0.4, 0.5) is 0 Å². The van der Waals surface area contributed by atoms with Crippen molar-refractivity contribution in [3.8, 4) is 0 Å². The van der Waals surface area contributed by atoms with Crippen LogP contribution in [0.5, 0.6) is 0 Å². The van der Waals surface area contributed by atoms with E-state index in [1.165, 1.54) is 0 Å². The summed E-state index contributed by atoms with van der Waals surface area (Å²) < 4.78 is 5.14.